The summed E-state index contributed by atoms with van der Waals surface area (Å²) in [6.07, 6.45) is 3.76. The number of carbonyl (C=O) groups excluding carboxylic acids is 1. The third-order valence-electron chi connectivity index (χ3n) is 1.51. The standard InChI is InChI=1S/C11H13NO2/c1-11(2,7-4-5-9-12)8-6-10(13)14-3/h4-5H,7H2,1-3H3/b5-4-. The Morgan fingerprint density at radius 1 is 1.57 bits per heavy atom. The molecule has 0 spiro atoms. The van der Waals surface area contributed by atoms with E-state index in [1.165, 1.54) is 13.2 Å². The number of rotatable bonds is 2. The molecule has 0 bridgehead atoms. The molecule has 0 aromatic rings. The number of allylic oxidation sites excluding steroid dienone is 2. The molecule has 0 saturated carbocycles. The molecule has 74 valence electrons. The third kappa shape index (κ3) is 5.85. The van der Waals surface area contributed by atoms with Crippen LogP contribution >= 0.6 is 0 Å². The average Bonchev–Trinajstić information content (AvgIpc) is 2.14. The Hall–Kier alpha value is -1.74. The number of nitriles is 1. The summed E-state index contributed by atoms with van der Waals surface area (Å²) in [7, 11) is 1.29. The van der Waals surface area contributed by atoms with E-state index in [1.807, 2.05) is 19.9 Å². The lowest BCUT2D eigenvalue weighted by Gasteiger charge is -2.13. The van der Waals surface area contributed by atoms with Crippen LogP contribution in [-0.4, -0.2) is 13.1 Å². The molecular weight excluding hydrogens is 178 g/mol. The van der Waals surface area contributed by atoms with Gasteiger partial charge in [-0.15, -0.1) is 0 Å². The summed E-state index contributed by atoms with van der Waals surface area (Å²) in [5.74, 6) is 4.62. The van der Waals surface area contributed by atoms with Gasteiger partial charge in [-0.05, 0) is 20.3 Å². The summed E-state index contributed by atoms with van der Waals surface area (Å²) < 4.78 is 4.39. The molecule has 0 rings (SSSR count). The molecule has 14 heavy (non-hydrogen) atoms. The fourth-order valence-corrected chi connectivity index (χ4v) is 0.729. The van der Waals surface area contributed by atoms with Crippen LogP contribution < -0.4 is 0 Å². The predicted molar refractivity (Wildman–Crippen MR) is 52.9 cm³/mol. The topological polar surface area (TPSA) is 50.1 Å². The summed E-state index contributed by atoms with van der Waals surface area (Å²) in [5, 5.41) is 8.27. The summed E-state index contributed by atoms with van der Waals surface area (Å²) >= 11 is 0. The highest BCUT2D eigenvalue weighted by atomic mass is 16.5. The zero-order valence-electron chi connectivity index (χ0n) is 8.63. The molecule has 0 heterocycles. The van der Waals surface area contributed by atoms with E-state index in [0.29, 0.717) is 6.42 Å². The predicted octanol–water partition coefficient (Wildman–Crippen LogP) is 1.66. The first kappa shape index (κ1) is 12.3. The number of nitrogens with zero attached hydrogens (tertiary/aromatic N) is 1. The summed E-state index contributed by atoms with van der Waals surface area (Å²) in [5.41, 5.74) is -0.318. The van der Waals surface area contributed by atoms with Gasteiger partial charge in [0.1, 0.15) is 0 Å². The van der Waals surface area contributed by atoms with Crippen LogP contribution in [-0.2, 0) is 9.53 Å². The molecule has 0 aliphatic carbocycles. The summed E-state index contributed by atoms with van der Waals surface area (Å²) in [6.45, 7) is 3.79. The van der Waals surface area contributed by atoms with E-state index in [0.717, 1.165) is 0 Å². The number of hydrogen-bond acceptors (Lipinski definition) is 3. The van der Waals surface area contributed by atoms with Crippen molar-refractivity contribution >= 4 is 5.97 Å². The number of methoxy groups -OCH3 is 1. The van der Waals surface area contributed by atoms with E-state index < -0.39 is 5.97 Å². The second-order valence-corrected chi connectivity index (χ2v) is 3.36. The molecule has 0 atom stereocenters. The Morgan fingerprint density at radius 2 is 2.21 bits per heavy atom. The van der Waals surface area contributed by atoms with Gasteiger partial charge in [-0.25, -0.2) is 4.79 Å². The van der Waals surface area contributed by atoms with Crippen LogP contribution in [0, 0.1) is 28.6 Å². The van der Waals surface area contributed by atoms with E-state index in [-0.39, 0.29) is 5.41 Å². The SMILES string of the molecule is COC(=O)C#CC(C)(C)C/C=C\C#N. The third-order valence-corrected chi connectivity index (χ3v) is 1.51. The maximum Gasteiger partial charge on any atom is 0.384 e. The second kappa shape index (κ2) is 5.83. The molecule has 0 aromatic heterocycles. The van der Waals surface area contributed by atoms with Crippen LogP contribution in [0.1, 0.15) is 20.3 Å². The lowest BCUT2D eigenvalue weighted by atomic mass is 9.90. The van der Waals surface area contributed by atoms with Crippen LogP contribution in [0.4, 0.5) is 0 Å². The van der Waals surface area contributed by atoms with Crippen molar-refractivity contribution in [2.24, 2.45) is 5.41 Å². The second-order valence-electron chi connectivity index (χ2n) is 3.36. The lowest BCUT2D eigenvalue weighted by molar-refractivity contribution is -0.133. The van der Waals surface area contributed by atoms with Crippen LogP contribution in [0.2, 0.25) is 0 Å². The summed E-state index contributed by atoms with van der Waals surface area (Å²) in [6, 6.07) is 1.90. The normalized spacial score (nSPS) is 10.1. The molecule has 0 radical (unpaired) electrons. The Balaban J connectivity index is 4.32. The Bertz CT molecular complexity index is 323. The minimum Gasteiger partial charge on any atom is -0.459 e. The van der Waals surface area contributed by atoms with Gasteiger partial charge in [0, 0.05) is 17.4 Å². The summed E-state index contributed by atoms with van der Waals surface area (Å²) in [4.78, 5) is 10.7. The zero-order valence-corrected chi connectivity index (χ0v) is 8.63. The van der Waals surface area contributed by atoms with Gasteiger partial charge in [0.2, 0.25) is 0 Å². The van der Waals surface area contributed by atoms with E-state index >= 15 is 0 Å². The first-order chi connectivity index (χ1) is 6.52. The highest BCUT2D eigenvalue weighted by molar-refractivity contribution is 5.88. The van der Waals surface area contributed by atoms with Crippen molar-refractivity contribution in [3.8, 4) is 17.9 Å². The molecule has 3 nitrogen and oxygen atoms in total. The van der Waals surface area contributed by atoms with Gasteiger partial charge in [0.25, 0.3) is 0 Å². The van der Waals surface area contributed by atoms with Crippen molar-refractivity contribution in [2.45, 2.75) is 20.3 Å². The number of ether oxygens (including phenoxy) is 1. The smallest absolute Gasteiger partial charge is 0.384 e. The van der Waals surface area contributed by atoms with Crippen LogP contribution in [0.3, 0.4) is 0 Å². The quantitative estimate of drug-likeness (QED) is 0.288. The molecular formula is C11H13NO2. The molecule has 0 aromatic carbocycles. The maximum atomic E-state index is 10.7. The molecule has 0 saturated heterocycles. The van der Waals surface area contributed by atoms with Gasteiger partial charge in [0.05, 0.1) is 13.2 Å². The van der Waals surface area contributed by atoms with Gasteiger partial charge in [0.15, 0.2) is 0 Å². The number of hydrogen-bond donors (Lipinski definition) is 0. The highest BCUT2D eigenvalue weighted by Crippen LogP contribution is 2.18. The van der Waals surface area contributed by atoms with Crippen molar-refractivity contribution in [3.05, 3.63) is 12.2 Å². The molecule has 0 aliphatic heterocycles. The number of carbonyl (C=O) groups is 1. The van der Waals surface area contributed by atoms with E-state index in [9.17, 15) is 4.79 Å². The fraction of sp³-hybridized carbons (Fsp3) is 0.455. The molecule has 0 unspecified atom stereocenters. The molecule has 0 fully saturated rings. The minimum absolute atomic E-state index is 0.318. The minimum atomic E-state index is -0.540. The van der Waals surface area contributed by atoms with Gasteiger partial charge < -0.3 is 4.74 Å². The molecule has 0 aliphatic rings. The first-order valence-electron chi connectivity index (χ1n) is 4.17. The monoisotopic (exact) mass is 191 g/mol. The fourth-order valence-electron chi connectivity index (χ4n) is 0.729. The van der Waals surface area contributed by atoms with Gasteiger partial charge in [-0.1, -0.05) is 12.0 Å². The molecule has 0 N–H and O–H groups in total. The number of esters is 1. The van der Waals surface area contributed by atoms with Crippen LogP contribution in [0.5, 0.6) is 0 Å². The van der Waals surface area contributed by atoms with Crippen molar-refractivity contribution in [1.29, 1.82) is 5.26 Å². The van der Waals surface area contributed by atoms with E-state index in [1.54, 1.807) is 6.08 Å². The van der Waals surface area contributed by atoms with Gasteiger partial charge in [-0.3, -0.25) is 0 Å². The molecule has 0 amide bonds. The maximum absolute atomic E-state index is 10.7. The zero-order chi connectivity index (χ0) is 11.0. The first-order valence-corrected chi connectivity index (χ1v) is 4.17. The van der Waals surface area contributed by atoms with Gasteiger partial charge in [-0.2, -0.15) is 5.26 Å². The van der Waals surface area contributed by atoms with E-state index in [4.69, 9.17) is 5.26 Å². The average molecular weight is 191 g/mol. The van der Waals surface area contributed by atoms with Crippen molar-refractivity contribution in [2.75, 3.05) is 7.11 Å². The van der Waals surface area contributed by atoms with Crippen molar-refractivity contribution in [3.63, 3.8) is 0 Å². The van der Waals surface area contributed by atoms with Crippen molar-refractivity contribution in [1.82, 2.24) is 0 Å². The van der Waals surface area contributed by atoms with Crippen molar-refractivity contribution < 1.29 is 9.53 Å². The van der Waals surface area contributed by atoms with Crippen LogP contribution in [0.25, 0.3) is 0 Å². The highest BCUT2D eigenvalue weighted by Gasteiger charge is 2.12. The van der Waals surface area contributed by atoms with Gasteiger partial charge >= 0.3 is 5.97 Å². The Labute approximate surface area is 84.4 Å². The lowest BCUT2D eigenvalue weighted by Crippen LogP contribution is -2.07. The molecule has 3 heteroatoms. The Morgan fingerprint density at radius 3 is 2.71 bits per heavy atom. The largest absolute Gasteiger partial charge is 0.459 e. The van der Waals surface area contributed by atoms with Crippen LogP contribution in [0.15, 0.2) is 12.2 Å². The van der Waals surface area contributed by atoms with E-state index in [2.05, 4.69) is 16.6 Å². The Kier molecular flexibility index (Phi) is 5.10.